The Kier molecular flexibility index (Phi) is 7.19. The highest BCUT2D eigenvalue weighted by Crippen LogP contribution is 2.44. The molecule has 0 radical (unpaired) electrons. The highest BCUT2D eigenvalue weighted by molar-refractivity contribution is 7.12. The van der Waals surface area contributed by atoms with Crippen molar-refractivity contribution in [1.82, 2.24) is 0 Å². The van der Waals surface area contributed by atoms with E-state index in [0.29, 0.717) is 22.1 Å². The molecule has 39 heavy (non-hydrogen) atoms. The van der Waals surface area contributed by atoms with E-state index in [1.54, 1.807) is 31.4 Å². The number of ether oxygens (including phenoxy) is 3. The van der Waals surface area contributed by atoms with Crippen LogP contribution in [0.3, 0.4) is 0 Å². The third kappa shape index (κ3) is 5.54. The number of rotatable bonds is 7. The van der Waals surface area contributed by atoms with E-state index in [2.05, 4.69) is 32.2 Å². The van der Waals surface area contributed by atoms with E-state index < -0.39 is 5.97 Å². The number of hydrogen-bond acceptors (Lipinski definition) is 6. The predicted molar refractivity (Wildman–Crippen MR) is 155 cm³/mol. The Morgan fingerprint density at radius 2 is 1.82 bits per heavy atom. The molecule has 0 saturated heterocycles. The van der Waals surface area contributed by atoms with E-state index in [0.717, 1.165) is 39.1 Å². The largest absolute Gasteiger partial charge is 0.496 e. The predicted octanol–water partition coefficient (Wildman–Crippen LogP) is 8.28. The maximum absolute atomic E-state index is 14.0. The highest BCUT2D eigenvalue weighted by Gasteiger charge is 2.27. The minimum Gasteiger partial charge on any atom is -0.496 e. The van der Waals surface area contributed by atoms with Crippen LogP contribution in [0.25, 0.3) is 16.7 Å². The van der Waals surface area contributed by atoms with Gasteiger partial charge in [-0.15, -0.1) is 11.3 Å². The lowest BCUT2D eigenvalue weighted by Crippen LogP contribution is -2.32. The topological polar surface area (TPSA) is 56.8 Å². The molecule has 0 fully saturated rings. The van der Waals surface area contributed by atoms with Gasteiger partial charge in [-0.3, -0.25) is 0 Å². The Morgan fingerprint density at radius 3 is 2.56 bits per heavy atom. The minimum absolute atomic E-state index is 0.193. The van der Waals surface area contributed by atoms with E-state index >= 15 is 0 Å². The smallest absolute Gasteiger partial charge is 0.353 e. The average Bonchev–Trinajstić information content (AvgIpc) is 3.43. The van der Waals surface area contributed by atoms with Crippen LogP contribution in [0.5, 0.6) is 17.2 Å². The first-order valence-corrected chi connectivity index (χ1v) is 13.5. The molecule has 1 aliphatic rings. The number of nitrogens with one attached hydrogen (secondary N) is 1. The van der Waals surface area contributed by atoms with Crippen molar-refractivity contribution in [3.05, 3.63) is 99.5 Å². The summed E-state index contributed by atoms with van der Waals surface area (Å²) in [7, 11) is 1.61. The maximum atomic E-state index is 14.0. The lowest BCUT2D eigenvalue weighted by atomic mass is 9.85. The molecule has 0 atom stereocenters. The fourth-order valence-corrected chi connectivity index (χ4v) is 5.59. The highest BCUT2D eigenvalue weighted by atomic mass is 32.1. The number of hydrogen-bond donors (Lipinski definition) is 1. The van der Waals surface area contributed by atoms with Gasteiger partial charge in [-0.05, 0) is 86.2 Å². The molecule has 3 aromatic carbocycles. The number of carbonyl (C=O) groups is 1. The molecule has 0 aliphatic carbocycles. The Hall–Kier alpha value is -4.10. The normalized spacial score (nSPS) is 13.6. The van der Waals surface area contributed by atoms with Gasteiger partial charge in [0.2, 0.25) is 0 Å². The fraction of sp³-hybridized carbons (Fsp3) is 0.219. The van der Waals surface area contributed by atoms with Crippen LogP contribution in [0.15, 0.2) is 72.1 Å². The number of aryl methyl sites for hydroxylation is 1. The first-order valence-electron chi connectivity index (χ1n) is 12.6. The molecule has 1 N–H and O–H groups in total. The van der Waals surface area contributed by atoms with Gasteiger partial charge in [0.05, 0.1) is 12.6 Å². The summed E-state index contributed by atoms with van der Waals surface area (Å²) in [6, 6.07) is 17.4. The summed E-state index contributed by atoms with van der Waals surface area (Å²) >= 11 is 1.33. The number of anilines is 1. The Labute approximate surface area is 231 Å². The summed E-state index contributed by atoms with van der Waals surface area (Å²) in [5.41, 5.74) is 6.25. The van der Waals surface area contributed by atoms with Crippen LogP contribution in [-0.2, 0) is 6.61 Å². The molecule has 2 heterocycles. The van der Waals surface area contributed by atoms with Gasteiger partial charge in [-0.25, -0.2) is 9.18 Å². The number of methoxy groups -OCH3 is 1. The SMILES string of the molecule is COc1ccc(OC(=O)c2cccs2)cc1-c1ccc2c(c1COc1cc(F)ccc1C)C(C)=CC(C)(C)N2. The molecule has 0 bridgehead atoms. The maximum Gasteiger partial charge on any atom is 0.353 e. The van der Waals surface area contributed by atoms with Crippen LogP contribution >= 0.6 is 11.3 Å². The number of fused-ring (bicyclic) bond motifs is 1. The number of allylic oxidation sites excluding steroid dienone is 1. The lowest BCUT2D eigenvalue weighted by molar-refractivity contribution is 0.0740. The van der Waals surface area contributed by atoms with Crippen molar-refractivity contribution in [2.75, 3.05) is 12.4 Å². The van der Waals surface area contributed by atoms with Crippen LogP contribution in [0, 0.1) is 12.7 Å². The van der Waals surface area contributed by atoms with E-state index in [4.69, 9.17) is 14.2 Å². The number of thiophene rings is 1. The summed E-state index contributed by atoms with van der Waals surface area (Å²) < 4.78 is 31.7. The summed E-state index contributed by atoms with van der Waals surface area (Å²) in [4.78, 5) is 13.2. The number of benzene rings is 3. The number of halogens is 1. The Balaban J connectivity index is 1.62. The second kappa shape index (κ2) is 10.6. The van der Waals surface area contributed by atoms with Crippen molar-refractivity contribution in [2.24, 2.45) is 0 Å². The molecule has 0 unspecified atom stereocenters. The number of carbonyl (C=O) groups excluding carboxylic acids is 1. The summed E-state index contributed by atoms with van der Waals surface area (Å²) in [6.45, 7) is 8.40. The first-order chi connectivity index (χ1) is 18.6. The molecule has 200 valence electrons. The summed E-state index contributed by atoms with van der Waals surface area (Å²) in [5, 5.41) is 5.43. The molecular weight excluding hydrogens is 513 g/mol. The van der Waals surface area contributed by atoms with Gasteiger partial charge in [0.25, 0.3) is 0 Å². The van der Waals surface area contributed by atoms with E-state index in [9.17, 15) is 9.18 Å². The zero-order valence-corrected chi connectivity index (χ0v) is 23.4. The van der Waals surface area contributed by atoms with Gasteiger partial charge < -0.3 is 19.5 Å². The molecule has 0 spiro atoms. The molecule has 7 heteroatoms. The monoisotopic (exact) mass is 543 g/mol. The first kappa shape index (κ1) is 26.5. The Bertz CT molecular complexity index is 1570. The van der Waals surface area contributed by atoms with Crippen LogP contribution in [-0.4, -0.2) is 18.6 Å². The van der Waals surface area contributed by atoms with Crippen LogP contribution in [0.2, 0.25) is 0 Å². The van der Waals surface area contributed by atoms with Crippen LogP contribution in [0.4, 0.5) is 10.1 Å². The fourth-order valence-electron chi connectivity index (χ4n) is 4.99. The molecule has 1 aromatic heterocycles. The molecule has 0 saturated carbocycles. The van der Waals surface area contributed by atoms with E-state index in [-0.39, 0.29) is 18.0 Å². The van der Waals surface area contributed by atoms with Gasteiger partial charge in [0.15, 0.2) is 0 Å². The zero-order chi connectivity index (χ0) is 27.7. The quantitative estimate of drug-likeness (QED) is 0.188. The minimum atomic E-state index is -0.415. The molecule has 0 amide bonds. The third-order valence-electron chi connectivity index (χ3n) is 6.66. The van der Waals surface area contributed by atoms with Crippen LogP contribution < -0.4 is 19.5 Å². The van der Waals surface area contributed by atoms with Gasteiger partial charge in [-0.2, -0.15) is 0 Å². The summed E-state index contributed by atoms with van der Waals surface area (Å²) in [6.07, 6.45) is 2.19. The van der Waals surface area contributed by atoms with Crippen molar-refractivity contribution in [1.29, 1.82) is 0 Å². The standard InChI is InChI=1S/C32H30FNO4S/c1-19-8-9-21(33)15-28(19)37-18-25-23(11-12-26-30(25)20(2)17-32(3,4)34-26)24-16-22(10-13-27(24)36-5)38-31(35)29-7-6-14-39-29/h6-17,34H,18H2,1-5H3. The Morgan fingerprint density at radius 1 is 1.00 bits per heavy atom. The van der Waals surface area contributed by atoms with Gasteiger partial charge in [0, 0.05) is 28.4 Å². The lowest BCUT2D eigenvalue weighted by Gasteiger charge is -2.33. The molecule has 4 aromatic rings. The molecule has 5 nitrogen and oxygen atoms in total. The average molecular weight is 544 g/mol. The van der Waals surface area contributed by atoms with Gasteiger partial charge in [-0.1, -0.05) is 24.3 Å². The molecule has 1 aliphatic heterocycles. The van der Waals surface area contributed by atoms with Crippen molar-refractivity contribution >= 4 is 28.6 Å². The summed E-state index contributed by atoms with van der Waals surface area (Å²) in [5.74, 6) is 0.741. The second-order valence-corrected chi connectivity index (χ2v) is 11.1. The van der Waals surface area contributed by atoms with E-state index in [1.807, 2.05) is 36.6 Å². The third-order valence-corrected chi connectivity index (χ3v) is 7.51. The zero-order valence-electron chi connectivity index (χ0n) is 22.6. The van der Waals surface area contributed by atoms with Crippen molar-refractivity contribution in [3.63, 3.8) is 0 Å². The van der Waals surface area contributed by atoms with Gasteiger partial charge in [0.1, 0.15) is 34.5 Å². The van der Waals surface area contributed by atoms with Gasteiger partial charge >= 0.3 is 5.97 Å². The molecule has 5 rings (SSSR count). The molecular formula is C32H30FNO4S. The van der Waals surface area contributed by atoms with Crippen molar-refractivity contribution in [2.45, 2.75) is 39.8 Å². The van der Waals surface area contributed by atoms with Crippen molar-refractivity contribution in [3.8, 4) is 28.4 Å². The number of esters is 1. The second-order valence-electron chi connectivity index (χ2n) is 10.1. The van der Waals surface area contributed by atoms with Crippen LogP contribution in [0.1, 0.15) is 47.1 Å². The van der Waals surface area contributed by atoms with E-state index in [1.165, 1.54) is 23.5 Å². The van der Waals surface area contributed by atoms with Crippen molar-refractivity contribution < 1.29 is 23.4 Å².